The maximum atomic E-state index is 11.7. The molecular weight excluding hydrogens is 584 g/mol. The molecule has 2 fully saturated rings. The Labute approximate surface area is 214 Å². The van der Waals surface area contributed by atoms with Gasteiger partial charge in [-0.2, -0.15) is 11.8 Å². The Hall–Kier alpha value is -1.15. The summed E-state index contributed by atoms with van der Waals surface area (Å²) in [6.45, 7) is 4.12. The SMILES string of the molecule is CCCCC(=O)NCCOCCOCCN1C(=O)C(Br)=C(Br)C1=O.O=C1N[C@H]2CSC[C@H]2N1. The smallest absolute Gasteiger partial charge is 0.315 e. The predicted octanol–water partition coefficient (Wildman–Crippen LogP) is 1.48. The summed E-state index contributed by atoms with van der Waals surface area (Å²) in [5, 5.41) is 8.46. The molecule has 0 aromatic heterocycles. The normalized spacial score (nSPS) is 21.5. The van der Waals surface area contributed by atoms with Crippen molar-refractivity contribution < 1.29 is 28.7 Å². The highest BCUT2D eigenvalue weighted by molar-refractivity contribution is 9.14. The van der Waals surface area contributed by atoms with Crippen molar-refractivity contribution in [3.05, 3.63) is 8.96 Å². The van der Waals surface area contributed by atoms with Crippen molar-refractivity contribution in [2.75, 3.05) is 51.0 Å². The summed E-state index contributed by atoms with van der Waals surface area (Å²) in [4.78, 5) is 46.6. The van der Waals surface area contributed by atoms with E-state index in [0.29, 0.717) is 44.9 Å². The summed E-state index contributed by atoms with van der Waals surface area (Å²) in [5.41, 5.74) is 0. The summed E-state index contributed by atoms with van der Waals surface area (Å²) in [5.74, 6) is 1.45. The first kappa shape index (κ1) is 28.1. The van der Waals surface area contributed by atoms with E-state index in [4.69, 9.17) is 9.47 Å². The third kappa shape index (κ3) is 9.19. The molecule has 0 aromatic carbocycles. The van der Waals surface area contributed by atoms with Gasteiger partial charge in [0.2, 0.25) is 5.91 Å². The Morgan fingerprint density at radius 1 is 1.03 bits per heavy atom. The van der Waals surface area contributed by atoms with Crippen LogP contribution >= 0.6 is 43.6 Å². The molecule has 3 heterocycles. The monoisotopic (exact) mass is 612 g/mol. The molecule has 3 aliphatic heterocycles. The standard InChI is InChI=1S/C15H22Br2N2O5.C5H8N2OS/c1-2-3-4-11(20)18-5-7-23-9-10-24-8-6-19-14(21)12(16)13(17)15(19)22;8-5-6-3-1-9-2-4(3)7-5/h2-10H2,1H3,(H,18,20);3-4H,1-2H2,(H2,6,7,8)/t;3-,4+. The van der Waals surface area contributed by atoms with Crippen LogP contribution in [0.3, 0.4) is 0 Å². The lowest BCUT2D eigenvalue weighted by molar-refractivity contribution is -0.138. The van der Waals surface area contributed by atoms with Crippen LogP contribution in [0.1, 0.15) is 26.2 Å². The number of amides is 5. The van der Waals surface area contributed by atoms with Gasteiger partial charge in [0.25, 0.3) is 11.8 Å². The van der Waals surface area contributed by atoms with Crippen molar-refractivity contribution in [3.8, 4) is 0 Å². The van der Waals surface area contributed by atoms with E-state index in [1.165, 1.54) is 0 Å². The average molecular weight is 614 g/mol. The first-order chi connectivity index (χ1) is 15.8. The van der Waals surface area contributed by atoms with Crippen molar-refractivity contribution in [1.82, 2.24) is 20.9 Å². The Bertz CT molecular complexity index is 716. The number of carbonyl (C=O) groups excluding carboxylic acids is 4. The minimum absolute atomic E-state index is 0.00491. The number of carbonyl (C=O) groups is 4. The van der Waals surface area contributed by atoms with Crippen LogP contribution in [0.15, 0.2) is 8.96 Å². The summed E-state index contributed by atoms with van der Waals surface area (Å²) in [6, 6.07) is 0.815. The van der Waals surface area contributed by atoms with Crippen LogP contribution in [-0.4, -0.2) is 91.8 Å². The van der Waals surface area contributed by atoms with Crippen LogP contribution in [0.25, 0.3) is 0 Å². The zero-order valence-electron chi connectivity index (χ0n) is 18.5. The average Bonchev–Trinajstić information content (AvgIpc) is 3.42. The summed E-state index contributed by atoms with van der Waals surface area (Å²) in [6.07, 6.45) is 2.44. The predicted molar refractivity (Wildman–Crippen MR) is 132 cm³/mol. The number of thioether (sulfide) groups is 1. The second kappa shape index (κ2) is 15.0. The van der Waals surface area contributed by atoms with E-state index >= 15 is 0 Å². The lowest BCUT2D eigenvalue weighted by atomic mass is 10.2. The van der Waals surface area contributed by atoms with Crippen LogP contribution in [0.5, 0.6) is 0 Å². The van der Waals surface area contributed by atoms with Gasteiger partial charge in [-0.1, -0.05) is 13.3 Å². The molecule has 3 rings (SSSR count). The topological polar surface area (TPSA) is 126 Å². The molecule has 186 valence electrons. The first-order valence-electron chi connectivity index (χ1n) is 10.8. The van der Waals surface area contributed by atoms with Crippen LogP contribution in [0.4, 0.5) is 4.79 Å². The number of fused-ring (bicyclic) bond motifs is 1. The van der Waals surface area contributed by atoms with Gasteiger partial charge >= 0.3 is 6.03 Å². The van der Waals surface area contributed by atoms with Crippen molar-refractivity contribution >= 4 is 67.4 Å². The number of nitrogens with one attached hydrogen (secondary N) is 3. The molecule has 0 bridgehead atoms. The molecule has 0 radical (unpaired) electrons. The minimum Gasteiger partial charge on any atom is -0.377 e. The number of hydrogen-bond donors (Lipinski definition) is 3. The molecule has 3 N–H and O–H groups in total. The molecule has 13 heteroatoms. The highest BCUT2D eigenvalue weighted by Gasteiger charge is 2.36. The van der Waals surface area contributed by atoms with Gasteiger partial charge in [-0.05, 0) is 38.3 Å². The molecule has 3 aliphatic rings. The van der Waals surface area contributed by atoms with E-state index in [1.54, 1.807) is 0 Å². The van der Waals surface area contributed by atoms with Gasteiger partial charge in [0.1, 0.15) is 8.96 Å². The van der Waals surface area contributed by atoms with E-state index in [1.807, 2.05) is 18.7 Å². The van der Waals surface area contributed by atoms with E-state index in [-0.39, 0.29) is 45.9 Å². The van der Waals surface area contributed by atoms with Crippen molar-refractivity contribution in [3.63, 3.8) is 0 Å². The number of rotatable bonds is 12. The molecule has 10 nitrogen and oxygen atoms in total. The quantitative estimate of drug-likeness (QED) is 0.173. The van der Waals surface area contributed by atoms with Gasteiger partial charge < -0.3 is 25.4 Å². The lowest BCUT2D eigenvalue weighted by Crippen LogP contribution is -2.34. The third-order valence-electron chi connectivity index (χ3n) is 4.93. The summed E-state index contributed by atoms with van der Waals surface area (Å²) < 4.78 is 11.1. The zero-order chi connectivity index (χ0) is 24.2. The highest BCUT2D eigenvalue weighted by Crippen LogP contribution is 2.29. The molecule has 0 saturated carbocycles. The van der Waals surface area contributed by atoms with Gasteiger partial charge in [0, 0.05) is 24.5 Å². The Morgan fingerprint density at radius 3 is 2.18 bits per heavy atom. The molecule has 2 atom stereocenters. The molecule has 0 spiro atoms. The molecular formula is C20H30Br2N4O6S. The van der Waals surface area contributed by atoms with E-state index in [0.717, 1.165) is 29.2 Å². The fourth-order valence-corrected chi connectivity index (χ4v) is 5.15. The van der Waals surface area contributed by atoms with Crippen molar-refractivity contribution in [2.24, 2.45) is 0 Å². The first-order valence-corrected chi connectivity index (χ1v) is 13.6. The Kier molecular flexibility index (Phi) is 12.7. The minimum atomic E-state index is -0.370. The van der Waals surface area contributed by atoms with E-state index < -0.39 is 0 Å². The van der Waals surface area contributed by atoms with Crippen LogP contribution in [0.2, 0.25) is 0 Å². The number of nitrogens with zero attached hydrogens (tertiary/aromatic N) is 1. The molecule has 33 heavy (non-hydrogen) atoms. The second-order valence-corrected chi connectivity index (χ2v) is 10.1. The van der Waals surface area contributed by atoms with Gasteiger partial charge in [-0.3, -0.25) is 19.3 Å². The van der Waals surface area contributed by atoms with E-state index in [9.17, 15) is 19.2 Å². The van der Waals surface area contributed by atoms with Gasteiger partial charge in [0.05, 0.1) is 45.1 Å². The second-order valence-electron chi connectivity index (χ2n) is 7.44. The van der Waals surface area contributed by atoms with Crippen LogP contribution < -0.4 is 16.0 Å². The van der Waals surface area contributed by atoms with Crippen molar-refractivity contribution in [1.29, 1.82) is 0 Å². The van der Waals surface area contributed by atoms with Crippen LogP contribution in [0, 0.1) is 0 Å². The maximum absolute atomic E-state index is 11.7. The van der Waals surface area contributed by atoms with Crippen molar-refractivity contribution in [2.45, 2.75) is 38.3 Å². The fraction of sp³-hybridized carbons (Fsp3) is 0.700. The van der Waals surface area contributed by atoms with Crippen LogP contribution in [-0.2, 0) is 23.9 Å². The molecule has 5 amide bonds. The number of imide groups is 1. The summed E-state index contributed by atoms with van der Waals surface area (Å²) in [7, 11) is 0. The molecule has 0 aliphatic carbocycles. The third-order valence-corrected chi connectivity index (χ3v) is 8.12. The molecule has 2 saturated heterocycles. The number of urea groups is 1. The summed E-state index contributed by atoms with van der Waals surface area (Å²) >= 11 is 8.01. The number of halogens is 2. The number of ether oxygens (including phenoxy) is 2. The van der Waals surface area contributed by atoms with E-state index in [2.05, 4.69) is 47.8 Å². The highest BCUT2D eigenvalue weighted by atomic mass is 79.9. The van der Waals surface area contributed by atoms with Gasteiger partial charge in [-0.15, -0.1) is 0 Å². The zero-order valence-corrected chi connectivity index (χ0v) is 22.5. The molecule has 0 aromatic rings. The lowest BCUT2D eigenvalue weighted by Gasteiger charge is -2.14. The number of unbranched alkanes of at least 4 members (excludes halogenated alkanes) is 1. The van der Waals surface area contributed by atoms with Gasteiger partial charge in [0.15, 0.2) is 0 Å². The van der Waals surface area contributed by atoms with Gasteiger partial charge in [-0.25, -0.2) is 4.79 Å². The fourth-order valence-electron chi connectivity index (χ4n) is 3.10. The largest absolute Gasteiger partial charge is 0.377 e. The number of hydrogen-bond acceptors (Lipinski definition) is 7. The molecule has 0 unspecified atom stereocenters. The Balaban J connectivity index is 0.000000349. The Morgan fingerprint density at radius 2 is 1.61 bits per heavy atom. The maximum Gasteiger partial charge on any atom is 0.315 e.